The molecule has 3 heterocycles. The quantitative estimate of drug-likeness (QED) is 0.613. The van der Waals surface area contributed by atoms with Gasteiger partial charge in [0, 0.05) is 40.8 Å². The lowest BCUT2D eigenvalue weighted by atomic mass is 9.96. The summed E-state index contributed by atoms with van der Waals surface area (Å²) < 4.78 is 0. The Bertz CT molecular complexity index is 1120. The Kier molecular flexibility index (Phi) is 4.69. The second-order valence-corrected chi connectivity index (χ2v) is 8.39. The molecule has 5 heteroatoms. The van der Waals surface area contributed by atoms with Crippen molar-refractivity contribution in [1.82, 2.24) is 15.2 Å². The normalized spacial score (nSPS) is 16.8. The van der Waals surface area contributed by atoms with E-state index in [1.807, 2.05) is 6.07 Å². The highest BCUT2D eigenvalue weighted by Gasteiger charge is 2.27. The van der Waals surface area contributed by atoms with E-state index in [1.54, 1.807) is 6.08 Å². The van der Waals surface area contributed by atoms with Crippen LogP contribution in [0.15, 0.2) is 36.9 Å². The first kappa shape index (κ1) is 18.5. The maximum absolute atomic E-state index is 12.5. The van der Waals surface area contributed by atoms with Gasteiger partial charge in [-0.2, -0.15) is 0 Å². The number of carbonyl (C=O) groups is 1. The Labute approximate surface area is 175 Å². The van der Waals surface area contributed by atoms with Gasteiger partial charge in [-0.1, -0.05) is 36.7 Å². The number of H-pyrrole nitrogens is 1. The predicted molar refractivity (Wildman–Crippen MR) is 119 cm³/mol. The van der Waals surface area contributed by atoms with Crippen LogP contribution in [-0.4, -0.2) is 28.9 Å². The van der Waals surface area contributed by atoms with Gasteiger partial charge in [0.25, 0.3) is 5.91 Å². The van der Waals surface area contributed by atoms with Crippen molar-refractivity contribution in [3.63, 3.8) is 0 Å². The van der Waals surface area contributed by atoms with Crippen LogP contribution in [0, 0.1) is 0 Å². The number of nitrogens with zero attached hydrogens (tertiary/aromatic N) is 1. The molecule has 2 aliphatic rings. The first-order chi connectivity index (χ1) is 14.1. The van der Waals surface area contributed by atoms with Crippen molar-refractivity contribution in [2.75, 3.05) is 13.1 Å². The lowest BCUT2D eigenvalue weighted by Gasteiger charge is -2.26. The molecule has 3 aromatic rings. The standard InChI is InChI=1S/C24H24ClN3O/c1-2-16-11-18(22-19(23(16)25)13-26-24(22)29)21-12-17-10-15(6-7-20(17)27-21)14-28-8-4-3-5-9-28/h2,6-7,10-12,27H,1,3-5,8-9,13-14H2,(H,26,29). The SMILES string of the molecule is C=Cc1cc(-c2cc3cc(CN4CCCCC4)ccc3[nH]2)c2c(c1Cl)CNC2=O. The van der Waals surface area contributed by atoms with E-state index in [-0.39, 0.29) is 5.91 Å². The van der Waals surface area contributed by atoms with Crippen LogP contribution in [0.2, 0.25) is 5.02 Å². The summed E-state index contributed by atoms with van der Waals surface area (Å²) in [5, 5.41) is 4.67. The van der Waals surface area contributed by atoms with Crippen LogP contribution in [0.1, 0.15) is 46.3 Å². The summed E-state index contributed by atoms with van der Waals surface area (Å²) in [6.45, 7) is 7.71. The molecule has 2 N–H and O–H groups in total. The van der Waals surface area contributed by atoms with Crippen molar-refractivity contribution < 1.29 is 4.79 Å². The molecule has 2 aromatic carbocycles. The fourth-order valence-electron chi connectivity index (χ4n) is 4.58. The monoisotopic (exact) mass is 405 g/mol. The summed E-state index contributed by atoms with van der Waals surface area (Å²) in [5.74, 6) is -0.0723. The Balaban J connectivity index is 1.55. The molecule has 1 aromatic heterocycles. The van der Waals surface area contributed by atoms with Crippen molar-refractivity contribution >= 4 is 34.5 Å². The van der Waals surface area contributed by atoms with E-state index in [1.165, 1.54) is 37.9 Å². The number of halogens is 1. The number of aromatic nitrogens is 1. The molecule has 2 aliphatic heterocycles. The Morgan fingerprint density at radius 3 is 2.76 bits per heavy atom. The molecule has 29 heavy (non-hydrogen) atoms. The van der Waals surface area contributed by atoms with Crippen LogP contribution in [0.4, 0.5) is 0 Å². The topological polar surface area (TPSA) is 48.1 Å². The summed E-state index contributed by atoms with van der Waals surface area (Å²) >= 11 is 6.49. The molecule has 1 saturated heterocycles. The zero-order valence-electron chi connectivity index (χ0n) is 16.4. The van der Waals surface area contributed by atoms with Crippen molar-refractivity contribution in [3.05, 3.63) is 64.2 Å². The van der Waals surface area contributed by atoms with E-state index in [0.717, 1.165) is 39.8 Å². The third-order valence-electron chi connectivity index (χ3n) is 6.09. The minimum absolute atomic E-state index is 0.0723. The smallest absolute Gasteiger partial charge is 0.252 e. The molecule has 1 amide bonds. The molecule has 0 radical (unpaired) electrons. The van der Waals surface area contributed by atoms with Crippen molar-refractivity contribution in [1.29, 1.82) is 0 Å². The Hall–Kier alpha value is -2.56. The maximum atomic E-state index is 12.5. The van der Waals surface area contributed by atoms with E-state index in [9.17, 15) is 4.79 Å². The van der Waals surface area contributed by atoms with E-state index in [2.05, 4.69) is 46.0 Å². The molecule has 0 aliphatic carbocycles. The number of benzene rings is 2. The van der Waals surface area contributed by atoms with Crippen molar-refractivity contribution in [2.24, 2.45) is 0 Å². The van der Waals surface area contributed by atoms with Gasteiger partial charge >= 0.3 is 0 Å². The molecular formula is C24H24ClN3O. The highest BCUT2D eigenvalue weighted by atomic mass is 35.5. The van der Waals surface area contributed by atoms with Crippen LogP contribution in [0.3, 0.4) is 0 Å². The molecular weight excluding hydrogens is 382 g/mol. The van der Waals surface area contributed by atoms with Crippen molar-refractivity contribution in [2.45, 2.75) is 32.4 Å². The van der Waals surface area contributed by atoms with Crippen LogP contribution in [-0.2, 0) is 13.1 Å². The van der Waals surface area contributed by atoms with E-state index < -0.39 is 0 Å². The fraction of sp³-hybridized carbons (Fsp3) is 0.292. The summed E-state index contributed by atoms with van der Waals surface area (Å²) in [5.41, 5.74) is 6.59. The lowest BCUT2D eigenvalue weighted by molar-refractivity contribution is 0.0966. The molecule has 0 bridgehead atoms. The first-order valence-corrected chi connectivity index (χ1v) is 10.6. The number of hydrogen-bond donors (Lipinski definition) is 2. The summed E-state index contributed by atoms with van der Waals surface area (Å²) in [6.07, 6.45) is 5.69. The van der Waals surface area contributed by atoms with Crippen LogP contribution < -0.4 is 5.32 Å². The fourth-order valence-corrected chi connectivity index (χ4v) is 4.88. The number of nitrogens with one attached hydrogen (secondary N) is 2. The number of likely N-dealkylation sites (tertiary alicyclic amines) is 1. The van der Waals surface area contributed by atoms with E-state index in [4.69, 9.17) is 11.6 Å². The molecule has 1 fully saturated rings. The highest BCUT2D eigenvalue weighted by Crippen LogP contribution is 2.37. The number of rotatable bonds is 4. The maximum Gasteiger partial charge on any atom is 0.252 e. The lowest BCUT2D eigenvalue weighted by Crippen LogP contribution is -2.28. The average Bonchev–Trinajstić information content (AvgIpc) is 3.33. The summed E-state index contributed by atoms with van der Waals surface area (Å²) in [4.78, 5) is 18.5. The first-order valence-electron chi connectivity index (χ1n) is 10.2. The molecule has 0 atom stereocenters. The van der Waals surface area contributed by atoms with Crippen LogP contribution >= 0.6 is 11.6 Å². The minimum Gasteiger partial charge on any atom is -0.355 e. The summed E-state index contributed by atoms with van der Waals surface area (Å²) in [6, 6.07) is 10.7. The third kappa shape index (κ3) is 3.26. The Morgan fingerprint density at radius 2 is 1.97 bits per heavy atom. The average molecular weight is 406 g/mol. The largest absolute Gasteiger partial charge is 0.355 e. The van der Waals surface area contributed by atoms with Gasteiger partial charge in [0.05, 0.1) is 10.6 Å². The van der Waals surface area contributed by atoms with Gasteiger partial charge in [-0.25, -0.2) is 0 Å². The summed E-state index contributed by atoms with van der Waals surface area (Å²) in [7, 11) is 0. The van der Waals surface area contributed by atoms with Gasteiger partial charge in [0.2, 0.25) is 0 Å². The zero-order valence-corrected chi connectivity index (χ0v) is 17.1. The van der Waals surface area contributed by atoms with Gasteiger partial charge in [-0.15, -0.1) is 0 Å². The number of fused-ring (bicyclic) bond motifs is 2. The van der Waals surface area contributed by atoms with Crippen molar-refractivity contribution in [3.8, 4) is 11.3 Å². The minimum atomic E-state index is -0.0723. The Morgan fingerprint density at radius 1 is 1.14 bits per heavy atom. The molecule has 4 nitrogen and oxygen atoms in total. The van der Waals surface area contributed by atoms with Gasteiger partial charge in [0.1, 0.15) is 0 Å². The molecule has 0 unspecified atom stereocenters. The molecule has 5 rings (SSSR count). The van der Waals surface area contributed by atoms with E-state index in [0.29, 0.717) is 17.1 Å². The zero-order chi connectivity index (χ0) is 20.0. The number of aromatic amines is 1. The second kappa shape index (κ2) is 7.36. The highest BCUT2D eigenvalue weighted by molar-refractivity contribution is 6.34. The number of piperidine rings is 1. The number of amides is 1. The number of hydrogen-bond acceptors (Lipinski definition) is 2. The number of carbonyl (C=O) groups excluding carboxylic acids is 1. The van der Waals surface area contributed by atoms with E-state index >= 15 is 0 Å². The van der Waals surface area contributed by atoms with Gasteiger partial charge < -0.3 is 10.3 Å². The second-order valence-electron chi connectivity index (χ2n) is 8.01. The molecule has 0 spiro atoms. The van der Waals surface area contributed by atoms with Crippen LogP contribution in [0.5, 0.6) is 0 Å². The predicted octanol–water partition coefficient (Wildman–Crippen LogP) is 5.36. The molecule has 148 valence electrons. The van der Waals surface area contributed by atoms with Gasteiger partial charge in [-0.3, -0.25) is 9.69 Å². The van der Waals surface area contributed by atoms with Crippen LogP contribution in [0.25, 0.3) is 28.2 Å². The third-order valence-corrected chi connectivity index (χ3v) is 6.54. The van der Waals surface area contributed by atoms with Gasteiger partial charge in [-0.05, 0) is 61.3 Å². The molecule has 0 saturated carbocycles. The van der Waals surface area contributed by atoms with Gasteiger partial charge in [0.15, 0.2) is 0 Å².